The molecule has 0 unspecified atom stereocenters. The molecule has 17 heavy (non-hydrogen) atoms. The van der Waals surface area contributed by atoms with Gasteiger partial charge in [0.05, 0.1) is 15.6 Å². The van der Waals surface area contributed by atoms with Gasteiger partial charge in [0.15, 0.2) is 5.82 Å². The fourth-order valence-corrected chi connectivity index (χ4v) is 2.41. The fraction of sp³-hybridized carbons (Fsp3) is 0.333. The summed E-state index contributed by atoms with van der Waals surface area (Å²) in [6, 6.07) is 3.34. The summed E-state index contributed by atoms with van der Waals surface area (Å²) in [5.74, 6) is 0.583. The molecule has 0 bridgehead atoms. The Kier molecular flexibility index (Phi) is 3.10. The molecule has 2 aromatic rings. The number of rotatable bonds is 1. The predicted molar refractivity (Wildman–Crippen MR) is 71.9 cm³/mol. The number of hydrogen-bond acceptors (Lipinski definition) is 3. The zero-order valence-corrected chi connectivity index (χ0v) is 11.4. The van der Waals surface area contributed by atoms with Crippen molar-refractivity contribution in [2.45, 2.75) is 26.2 Å². The summed E-state index contributed by atoms with van der Waals surface area (Å²) in [5.41, 5.74) is 0.495. The van der Waals surface area contributed by atoms with Crippen molar-refractivity contribution in [2.24, 2.45) is 0 Å². The minimum Gasteiger partial charge on any atom is -0.306 e. The van der Waals surface area contributed by atoms with Gasteiger partial charge in [0, 0.05) is 16.9 Å². The van der Waals surface area contributed by atoms with Crippen molar-refractivity contribution in [1.29, 1.82) is 0 Å². The normalized spacial score (nSPS) is 11.8. The number of aromatic amines is 1. The molecule has 0 aliphatic heterocycles. The Morgan fingerprint density at radius 1 is 1.35 bits per heavy atom. The lowest BCUT2D eigenvalue weighted by Gasteiger charge is -2.17. The highest BCUT2D eigenvalue weighted by Crippen LogP contribution is 2.28. The van der Waals surface area contributed by atoms with E-state index in [1.807, 2.05) is 26.2 Å². The molecule has 2 heterocycles. The van der Waals surface area contributed by atoms with Gasteiger partial charge in [-0.3, -0.25) is 4.79 Å². The largest absolute Gasteiger partial charge is 0.306 e. The molecular weight excluding hydrogens is 256 g/mol. The van der Waals surface area contributed by atoms with E-state index in [0.717, 1.165) is 10.6 Å². The second kappa shape index (κ2) is 4.27. The van der Waals surface area contributed by atoms with E-state index in [-0.39, 0.29) is 11.0 Å². The van der Waals surface area contributed by atoms with Crippen molar-refractivity contribution in [3.05, 3.63) is 38.6 Å². The van der Waals surface area contributed by atoms with E-state index in [0.29, 0.717) is 10.8 Å². The van der Waals surface area contributed by atoms with Gasteiger partial charge in [-0.2, -0.15) is 0 Å². The molecule has 0 saturated carbocycles. The molecule has 3 nitrogen and oxygen atoms in total. The second-order valence-electron chi connectivity index (χ2n) is 4.86. The molecule has 0 saturated heterocycles. The first-order valence-corrected chi connectivity index (χ1v) is 6.48. The minimum atomic E-state index is -0.149. The lowest BCUT2D eigenvalue weighted by atomic mass is 9.92. The second-order valence-corrected chi connectivity index (χ2v) is 6.21. The van der Waals surface area contributed by atoms with E-state index in [1.54, 1.807) is 12.1 Å². The molecule has 90 valence electrons. The molecule has 0 atom stereocenters. The van der Waals surface area contributed by atoms with E-state index < -0.39 is 0 Å². The summed E-state index contributed by atoms with van der Waals surface area (Å²) in [5, 5.41) is 2.48. The topological polar surface area (TPSA) is 45.8 Å². The summed E-state index contributed by atoms with van der Waals surface area (Å²) in [6.45, 7) is 6.08. The van der Waals surface area contributed by atoms with E-state index in [4.69, 9.17) is 11.6 Å². The number of aromatic nitrogens is 2. The SMILES string of the molecule is CC(C)(C)c1cc(=O)[nH]c(-c2cc(Cl)cs2)n1. The highest BCUT2D eigenvalue weighted by Gasteiger charge is 2.17. The number of nitrogens with one attached hydrogen (secondary N) is 1. The molecule has 5 heteroatoms. The molecule has 0 spiro atoms. The molecule has 0 amide bonds. The molecule has 1 N–H and O–H groups in total. The zero-order chi connectivity index (χ0) is 12.6. The lowest BCUT2D eigenvalue weighted by molar-refractivity contribution is 0.566. The lowest BCUT2D eigenvalue weighted by Crippen LogP contribution is -2.19. The summed E-state index contributed by atoms with van der Waals surface area (Å²) in [6.07, 6.45) is 0. The van der Waals surface area contributed by atoms with Crippen molar-refractivity contribution < 1.29 is 0 Å². The molecule has 0 aliphatic rings. The van der Waals surface area contributed by atoms with Gasteiger partial charge >= 0.3 is 0 Å². The van der Waals surface area contributed by atoms with Gasteiger partial charge in [0.25, 0.3) is 5.56 Å². The molecule has 0 aliphatic carbocycles. The molecule has 0 aromatic carbocycles. The number of hydrogen-bond donors (Lipinski definition) is 1. The third-order valence-corrected chi connectivity index (χ3v) is 3.60. The standard InChI is InChI=1S/C12H13ClN2OS/c1-12(2,3)9-5-10(16)15-11(14-9)8-4-7(13)6-17-8/h4-6H,1-3H3,(H,14,15,16). The van der Waals surface area contributed by atoms with Crippen LogP contribution in [0.1, 0.15) is 26.5 Å². The average molecular weight is 269 g/mol. The summed E-state index contributed by atoms with van der Waals surface area (Å²) in [4.78, 5) is 19.7. The molecule has 0 radical (unpaired) electrons. The maximum Gasteiger partial charge on any atom is 0.251 e. The highest BCUT2D eigenvalue weighted by atomic mass is 35.5. The Balaban J connectivity index is 2.57. The van der Waals surface area contributed by atoms with Crippen LogP contribution < -0.4 is 5.56 Å². The third-order valence-electron chi connectivity index (χ3n) is 2.31. The maximum atomic E-state index is 11.6. The third kappa shape index (κ3) is 2.76. The number of H-pyrrole nitrogens is 1. The summed E-state index contributed by atoms with van der Waals surface area (Å²) in [7, 11) is 0. The minimum absolute atomic E-state index is 0.135. The van der Waals surface area contributed by atoms with E-state index in [9.17, 15) is 4.79 Å². The van der Waals surface area contributed by atoms with Crippen LogP contribution in [0, 0.1) is 0 Å². The van der Waals surface area contributed by atoms with Gasteiger partial charge in [-0.1, -0.05) is 32.4 Å². The van der Waals surface area contributed by atoms with E-state index in [2.05, 4.69) is 9.97 Å². The van der Waals surface area contributed by atoms with Crippen LogP contribution in [-0.4, -0.2) is 9.97 Å². The Bertz CT molecular complexity index is 595. The molecule has 0 fully saturated rings. The first-order chi connectivity index (χ1) is 7.86. The van der Waals surface area contributed by atoms with Crippen LogP contribution in [0.2, 0.25) is 5.02 Å². The van der Waals surface area contributed by atoms with Crippen LogP contribution in [0.25, 0.3) is 10.7 Å². The number of nitrogens with zero attached hydrogens (tertiary/aromatic N) is 1. The number of halogens is 1. The Morgan fingerprint density at radius 2 is 2.06 bits per heavy atom. The van der Waals surface area contributed by atoms with Crippen molar-refractivity contribution in [3.63, 3.8) is 0 Å². The monoisotopic (exact) mass is 268 g/mol. The van der Waals surface area contributed by atoms with Crippen LogP contribution in [0.5, 0.6) is 0 Å². The van der Waals surface area contributed by atoms with E-state index in [1.165, 1.54) is 11.3 Å². The maximum absolute atomic E-state index is 11.6. The predicted octanol–water partition coefficient (Wildman–Crippen LogP) is 3.45. The Morgan fingerprint density at radius 3 is 2.59 bits per heavy atom. The van der Waals surface area contributed by atoms with Gasteiger partial charge in [0.1, 0.15) is 0 Å². The first kappa shape index (κ1) is 12.3. The fourth-order valence-electron chi connectivity index (χ4n) is 1.40. The van der Waals surface area contributed by atoms with Gasteiger partial charge in [-0.15, -0.1) is 11.3 Å². The van der Waals surface area contributed by atoms with Crippen molar-refractivity contribution in [1.82, 2.24) is 9.97 Å². The smallest absolute Gasteiger partial charge is 0.251 e. The Labute approximate surface area is 108 Å². The summed E-state index contributed by atoms with van der Waals surface area (Å²) >= 11 is 7.34. The van der Waals surface area contributed by atoms with Crippen LogP contribution in [0.3, 0.4) is 0 Å². The molecule has 2 rings (SSSR count). The molecular formula is C12H13ClN2OS. The van der Waals surface area contributed by atoms with Crippen molar-refractivity contribution >= 4 is 22.9 Å². The van der Waals surface area contributed by atoms with Crippen LogP contribution in [0.15, 0.2) is 22.3 Å². The van der Waals surface area contributed by atoms with Gasteiger partial charge in [-0.05, 0) is 6.07 Å². The Hall–Kier alpha value is -1.13. The van der Waals surface area contributed by atoms with Gasteiger partial charge < -0.3 is 4.98 Å². The van der Waals surface area contributed by atoms with Crippen LogP contribution in [-0.2, 0) is 5.41 Å². The summed E-state index contributed by atoms with van der Waals surface area (Å²) < 4.78 is 0. The molecule has 2 aromatic heterocycles. The van der Waals surface area contributed by atoms with Gasteiger partial charge in [-0.25, -0.2) is 4.98 Å². The van der Waals surface area contributed by atoms with Crippen molar-refractivity contribution in [3.8, 4) is 10.7 Å². The number of thiophene rings is 1. The van der Waals surface area contributed by atoms with Crippen molar-refractivity contribution in [2.75, 3.05) is 0 Å². The van der Waals surface area contributed by atoms with Crippen LogP contribution >= 0.6 is 22.9 Å². The average Bonchev–Trinajstić information content (AvgIpc) is 2.62. The zero-order valence-electron chi connectivity index (χ0n) is 9.87. The van der Waals surface area contributed by atoms with Crippen LogP contribution in [0.4, 0.5) is 0 Å². The van der Waals surface area contributed by atoms with E-state index >= 15 is 0 Å². The first-order valence-electron chi connectivity index (χ1n) is 5.22. The highest BCUT2D eigenvalue weighted by molar-refractivity contribution is 7.14. The van der Waals surface area contributed by atoms with Gasteiger partial charge in [0.2, 0.25) is 0 Å². The quantitative estimate of drug-likeness (QED) is 0.861.